The van der Waals surface area contributed by atoms with Gasteiger partial charge in [0.1, 0.15) is 6.33 Å². The summed E-state index contributed by atoms with van der Waals surface area (Å²) in [5.41, 5.74) is 0.781. The van der Waals surface area contributed by atoms with Gasteiger partial charge in [-0.2, -0.15) is 17.0 Å². The maximum Gasteiger partial charge on any atom is 0.282 e. The molecule has 0 unspecified atom stereocenters. The van der Waals surface area contributed by atoms with E-state index in [2.05, 4.69) is 9.97 Å². The van der Waals surface area contributed by atoms with Gasteiger partial charge in [-0.3, -0.25) is 0 Å². The first kappa shape index (κ1) is 14.4. The molecule has 1 atom stereocenters. The van der Waals surface area contributed by atoms with Gasteiger partial charge in [0.2, 0.25) is 0 Å². The van der Waals surface area contributed by atoms with Gasteiger partial charge >= 0.3 is 0 Å². The zero-order chi connectivity index (χ0) is 13.9. The van der Waals surface area contributed by atoms with E-state index in [-0.39, 0.29) is 6.04 Å². The van der Waals surface area contributed by atoms with E-state index in [9.17, 15) is 8.42 Å². The molecule has 0 bridgehead atoms. The molecule has 7 heteroatoms. The Morgan fingerprint density at radius 2 is 2.16 bits per heavy atom. The summed E-state index contributed by atoms with van der Waals surface area (Å²) < 4.78 is 28.2. The van der Waals surface area contributed by atoms with Gasteiger partial charge in [-0.05, 0) is 18.9 Å². The van der Waals surface area contributed by atoms with Crippen molar-refractivity contribution in [2.24, 2.45) is 0 Å². The van der Waals surface area contributed by atoms with Crippen molar-refractivity contribution in [1.29, 1.82) is 0 Å². The summed E-state index contributed by atoms with van der Waals surface area (Å²) in [5.74, 6) is 0. The van der Waals surface area contributed by atoms with Crippen LogP contribution in [0.3, 0.4) is 0 Å². The lowest BCUT2D eigenvalue weighted by molar-refractivity contribution is 0.334. The van der Waals surface area contributed by atoms with E-state index in [4.69, 9.17) is 0 Å². The fraction of sp³-hybridized carbons (Fsp3) is 0.667. The molecule has 6 nitrogen and oxygen atoms in total. The van der Waals surface area contributed by atoms with Crippen LogP contribution in [0.5, 0.6) is 0 Å². The molecule has 0 amide bonds. The van der Waals surface area contributed by atoms with Crippen molar-refractivity contribution in [2.75, 3.05) is 19.6 Å². The average molecular weight is 284 g/mol. The third kappa shape index (κ3) is 2.77. The minimum Gasteiger partial charge on any atom is -0.245 e. The molecule has 1 aliphatic rings. The standard InChI is InChI=1S/C12H20N4O2S/c1-3-15(4-2)19(17,18)16-9-5-6-12(16)11-7-8-13-10-14-11/h7-8,10,12H,3-6,9H2,1-2H3/t12-/m0/s1. The SMILES string of the molecule is CCN(CC)S(=O)(=O)N1CCC[C@H]1c1ccncn1. The molecule has 0 radical (unpaired) electrons. The quantitative estimate of drug-likeness (QED) is 0.815. The molecular formula is C12H20N4O2S. The van der Waals surface area contributed by atoms with E-state index < -0.39 is 10.2 Å². The van der Waals surface area contributed by atoms with Crippen molar-refractivity contribution in [2.45, 2.75) is 32.7 Å². The number of hydrogen-bond acceptors (Lipinski definition) is 4. The van der Waals surface area contributed by atoms with Gasteiger partial charge < -0.3 is 0 Å². The van der Waals surface area contributed by atoms with Crippen LogP contribution >= 0.6 is 0 Å². The maximum atomic E-state index is 12.6. The molecule has 1 saturated heterocycles. The van der Waals surface area contributed by atoms with Crippen LogP contribution in [0, 0.1) is 0 Å². The van der Waals surface area contributed by atoms with Crippen molar-refractivity contribution in [3.8, 4) is 0 Å². The third-order valence-electron chi connectivity index (χ3n) is 3.48. The van der Waals surface area contributed by atoms with Crippen LogP contribution < -0.4 is 0 Å². The van der Waals surface area contributed by atoms with Gasteiger partial charge in [0.15, 0.2) is 0 Å². The van der Waals surface area contributed by atoms with Crippen molar-refractivity contribution in [3.63, 3.8) is 0 Å². The Morgan fingerprint density at radius 1 is 1.42 bits per heavy atom. The van der Waals surface area contributed by atoms with Crippen molar-refractivity contribution < 1.29 is 8.42 Å². The lowest BCUT2D eigenvalue weighted by Crippen LogP contribution is -2.43. The minimum absolute atomic E-state index is 0.159. The monoisotopic (exact) mass is 284 g/mol. The lowest BCUT2D eigenvalue weighted by atomic mass is 10.1. The summed E-state index contributed by atoms with van der Waals surface area (Å²) in [6.45, 7) is 5.26. The summed E-state index contributed by atoms with van der Waals surface area (Å²) in [6.07, 6.45) is 4.81. The summed E-state index contributed by atoms with van der Waals surface area (Å²) in [4.78, 5) is 8.08. The molecule has 1 aliphatic heterocycles. The Hall–Kier alpha value is -1.05. The molecule has 1 aromatic rings. The van der Waals surface area contributed by atoms with Gasteiger partial charge in [-0.25, -0.2) is 9.97 Å². The Kier molecular flexibility index (Phi) is 4.49. The zero-order valence-corrected chi connectivity index (χ0v) is 12.2. The highest BCUT2D eigenvalue weighted by Gasteiger charge is 2.38. The van der Waals surface area contributed by atoms with Crippen LogP contribution in [0.4, 0.5) is 0 Å². The number of nitrogens with zero attached hydrogens (tertiary/aromatic N) is 4. The zero-order valence-electron chi connectivity index (χ0n) is 11.4. The van der Waals surface area contributed by atoms with E-state index in [1.807, 2.05) is 13.8 Å². The highest BCUT2D eigenvalue weighted by Crippen LogP contribution is 2.33. The van der Waals surface area contributed by atoms with Crippen LogP contribution in [-0.2, 0) is 10.2 Å². The molecule has 1 fully saturated rings. The first-order chi connectivity index (χ1) is 9.11. The van der Waals surface area contributed by atoms with E-state index in [1.54, 1.807) is 16.6 Å². The van der Waals surface area contributed by atoms with Gasteiger partial charge in [0.25, 0.3) is 10.2 Å². The van der Waals surface area contributed by atoms with E-state index in [0.717, 1.165) is 18.5 Å². The molecular weight excluding hydrogens is 264 g/mol. The van der Waals surface area contributed by atoms with E-state index in [1.165, 1.54) is 10.6 Å². The molecule has 0 N–H and O–H groups in total. The molecule has 0 spiro atoms. The fourth-order valence-electron chi connectivity index (χ4n) is 2.51. The Labute approximate surface area is 114 Å². The van der Waals surface area contributed by atoms with Crippen LogP contribution in [0.1, 0.15) is 38.4 Å². The maximum absolute atomic E-state index is 12.6. The van der Waals surface area contributed by atoms with Crippen LogP contribution in [0.25, 0.3) is 0 Å². The molecule has 2 heterocycles. The molecule has 1 aromatic heterocycles. The Balaban J connectivity index is 2.29. The first-order valence-electron chi connectivity index (χ1n) is 6.64. The van der Waals surface area contributed by atoms with E-state index >= 15 is 0 Å². The molecule has 0 aliphatic carbocycles. The lowest BCUT2D eigenvalue weighted by Gasteiger charge is -2.29. The Bertz CT molecular complexity index is 502. The molecule has 19 heavy (non-hydrogen) atoms. The Morgan fingerprint density at radius 3 is 2.74 bits per heavy atom. The predicted molar refractivity (Wildman–Crippen MR) is 72.6 cm³/mol. The topological polar surface area (TPSA) is 66.4 Å². The second kappa shape index (κ2) is 5.94. The van der Waals surface area contributed by atoms with Gasteiger partial charge in [-0.1, -0.05) is 13.8 Å². The summed E-state index contributed by atoms with van der Waals surface area (Å²) in [7, 11) is -3.39. The van der Waals surface area contributed by atoms with E-state index in [0.29, 0.717) is 19.6 Å². The van der Waals surface area contributed by atoms with Crippen molar-refractivity contribution in [1.82, 2.24) is 18.6 Å². The number of aromatic nitrogens is 2. The van der Waals surface area contributed by atoms with Crippen LogP contribution in [0.15, 0.2) is 18.6 Å². The smallest absolute Gasteiger partial charge is 0.245 e. The summed E-state index contributed by atoms with van der Waals surface area (Å²) >= 11 is 0. The van der Waals surface area contributed by atoms with Gasteiger partial charge in [-0.15, -0.1) is 0 Å². The highest BCUT2D eigenvalue weighted by atomic mass is 32.2. The number of rotatable bonds is 5. The summed E-state index contributed by atoms with van der Waals surface area (Å²) in [5, 5.41) is 0. The largest absolute Gasteiger partial charge is 0.282 e. The van der Waals surface area contributed by atoms with Crippen molar-refractivity contribution in [3.05, 3.63) is 24.3 Å². The molecule has 0 aromatic carbocycles. The second-order valence-electron chi connectivity index (χ2n) is 4.50. The van der Waals surface area contributed by atoms with Crippen LogP contribution in [0.2, 0.25) is 0 Å². The van der Waals surface area contributed by atoms with Crippen molar-refractivity contribution >= 4 is 10.2 Å². The number of hydrogen-bond donors (Lipinski definition) is 0. The van der Waals surface area contributed by atoms with Crippen LogP contribution in [-0.4, -0.2) is 46.6 Å². The normalized spacial score (nSPS) is 21.1. The van der Waals surface area contributed by atoms with Gasteiger partial charge in [0.05, 0.1) is 11.7 Å². The predicted octanol–water partition coefficient (Wildman–Crippen LogP) is 1.20. The molecule has 0 saturated carbocycles. The second-order valence-corrected chi connectivity index (χ2v) is 6.38. The molecule has 106 valence electrons. The van der Waals surface area contributed by atoms with Gasteiger partial charge in [0, 0.05) is 25.8 Å². The summed E-state index contributed by atoms with van der Waals surface area (Å²) in [6, 6.07) is 1.63. The average Bonchev–Trinajstić information content (AvgIpc) is 2.91. The first-order valence-corrected chi connectivity index (χ1v) is 8.03. The highest BCUT2D eigenvalue weighted by molar-refractivity contribution is 7.86. The fourth-order valence-corrected chi connectivity index (χ4v) is 4.35. The minimum atomic E-state index is -3.39. The third-order valence-corrected chi connectivity index (χ3v) is 5.68. The molecule has 2 rings (SSSR count).